The molecule has 2 atom stereocenters. The number of benzene rings is 2. The van der Waals surface area contributed by atoms with Gasteiger partial charge in [0.25, 0.3) is 0 Å². The molecule has 0 saturated heterocycles. The molecule has 1 N–H and O–H groups in total. The second-order valence-corrected chi connectivity index (χ2v) is 7.43. The van der Waals surface area contributed by atoms with Gasteiger partial charge in [0, 0.05) is 0 Å². The zero-order valence-electron chi connectivity index (χ0n) is 10.5. The summed E-state index contributed by atoms with van der Waals surface area (Å²) in [5, 5.41) is 9.59. The minimum absolute atomic E-state index is 0.556. The van der Waals surface area contributed by atoms with Crippen LogP contribution < -0.4 is 0 Å². The monoisotopic (exact) mass is 394 g/mol. The molecule has 1 saturated carbocycles. The van der Waals surface area contributed by atoms with Gasteiger partial charge in [-0.05, 0) is 11.1 Å². The van der Waals surface area contributed by atoms with Gasteiger partial charge < -0.3 is 5.11 Å². The van der Waals surface area contributed by atoms with E-state index in [2.05, 4.69) is 31.9 Å². The summed E-state index contributed by atoms with van der Waals surface area (Å²) in [6, 6.07) is 19.4. The summed E-state index contributed by atoms with van der Waals surface area (Å²) in [6.45, 7) is 0. The zero-order valence-corrected chi connectivity index (χ0v) is 13.6. The van der Waals surface area contributed by atoms with Crippen molar-refractivity contribution in [3.8, 4) is 0 Å². The molecule has 1 aliphatic carbocycles. The largest absolute Gasteiger partial charge is 0.481 e. The molecule has 2 unspecified atom stereocenters. The van der Waals surface area contributed by atoms with Crippen molar-refractivity contribution in [2.45, 2.75) is 8.65 Å². The van der Waals surface area contributed by atoms with Crippen LogP contribution in [-0.2, 0) is 13.4 Å². The average molecular weight is 396 g/mol. The molecule has 0 radical (unpaired) electrons. The van der Waals surface area contributed by atoms with Gasteiger partial charge in [0.1, 0.15) is 0 Å². The third kappa shape index (κ3) is 1.71. The maximum absolute atomic E-state index is 11.7. The molecule has 0 spiro atoms. The number of carboxylic acid groups (broad SMARTS) is 1. The third-order valence-electron chi connectivity index (χ3n) is 3.88. The second-order valence-electron chi connectivity index (χ2n) is 4.93. The highest BCUT2D eigenvalue weighted by atomic mass is 79.9. The number of aliphatic carboxylic acids is 1. The van der Waals surface area contributed by atoms with Crippen LogP contribution in [0.4, 0.5) is 0 Å². The van der Waals surface area contributed by atoms with E-state index >= 15 is 0 Å². The lowest BCUT2D eigenvalue weighted by Gasteiger charge is -2.15. The number of carbonyl (C=O) groups is 1. The summed E-state index contributed by atoms with van der Waals surface area (Å²) in [5.74, 6) is -1.37. The Morgan fingerprint density at radius 1 is 0.850 bits per heavy atom. The van der Waals surface area contributed by atoms with Gasteiger partial charge in [0.05, 0.1) is 14.6 Å². The fraction of sp³-hybridized carbons (Fsp3) is 0.188. The number of carboxylic acids is 1. The summed E-state index contributed by atoms with van der Waals surface area (Å²) in [5.41, 5.74) is 1.93. The van der Waals surface area contributed by atoms with E-state index in [0.717, 1.165) is 11.1 Å². The summed E-state index contributed by atoms with van der Waals surface area (Å²) in [4.78, 5) is 11.7. The van der Waals surface area contributed by atoms with E-state index < -0.39 is 20.5 Å². The molecule has 1 aliphatic rings. The molecular formula is C16H12Br2O2. The molecule has 0 aliphatic heterocycles. The quantitative estimate of drug-likeness (QED) is 0.787. The number of rotatable bonds is 3. The molecule has 2 aromatic rings. The normalized spacial score (nSPS) is 31.8. The van der Waals surface area contributed by atoms with E-state index in [-0.39, 0.29) is 0 Å². The Hall–Kier alpha value is -1.13. The minimum Gasteiger partial charge on any atom is -0.481 e. The van der Waals surface area contributed by atoms with Crippen molar-refractivity contribution in [1.82, 2.24) is 0 Å². The second kappa shape index (κ2) is 4.71. The Kier molecular flexibility index (Phi) is 3.26. The van der Waals surface area contributed by atoms with Crippen LogP contribution in [0.15, 0.2) is 60.7 Å². The topological polar surface area (TPSA) is 37.3 Å². The molecular weight excluding hydrogens is 384 g/mol. The van der Waals surface area contributed by atoms with Crippen LogP contribution in [0.25, 0.3) is 0 Å². The first-order valence-corrected chi connectivity index (χ1v) is 7.83. The highest BCUT2D eigenvalue weighted by molar-refractivity contribution is 9.13. The first kappa shape index (κ1) is 13.8. The van der Waals surface area contributed by atoms with Crippen LogP contribution in [0.5, 0.6) is 0 Å². The zero-order chi connectivity index (χ0) is 14.4. The highest BCUT2D eigenvalue weighted by Gasteiger charge is 2.79. The van der Waals surface area contributed by atoms with Crippen LogP contribution in [-0.4, -0.2) is 11.1 Å². The van der Waals surface area contributed by atoms with E-state index in [4.69, 9.17) is 0 Å². The number of halogens is 2. The smallest absolute Gasteiger partial charge is 0.310 e. The highest BCUT2D eigenvalue weighted by Crippen LogP contribution is 2.77. The van der Waals surface area contributed by atoms with Crippen molar-refractivity contribution in [3.63, 3.8) is 0 Å². The van der Waals surface area contributed by atoms with Gasteiger partial charge in [0.2, 0.25) is 0 Å². The maximum Gasteiger partial charge on any atom is 0.310 e. The molecule has 4 heteroatoms. The molecule has 0 heterocycles. The lowest BCUT2D eigenvalue weighted by molar-refractivity contribution is -0.138. The van der Waals surface area contributed by atoms with Crippen molar-refractivity contribution < 1.29 is 9.90 Å². The van der Waals surface area contributed by atoms with E-state index in [1.807, 2.05) is 60.7 Å². The standard InChI is InChI=1S/C16H12Br2O2/c17-15(11-7-3-1-4-8-11)13(14(19)20)16(15,18)12-9-5-2-6-10-12/h1-10,13H,(H,19,20). The first-order valence-electron chi connectivity index (χ1n) is 6.24. The molecule has 0 aromatic heterocycles. The van der Waals surface area contributed by atoms with Crippen LogP contribution in [0, 0.1) is 5.92 Å². The van der Waals surface area contributed by atoms with Crippen molar-refractivity contribution in [2.75, 3.05) is 0 Å². The van der Waals surface area contributed by atoms with Gasteiger partial charge in [-0.25, -0.2) is 0 Å². The molecule has 20 heavy (non-hydrogen) atoms. The van der Waals surface area contributed by atoms with Crippen molar-refractivity contribution in [2.24, 2.45) is 5.92 Å². The first-order chi connectivity index (χ1) is 9.53. The van der Waals surface area contributed by atoms with Gasteiger partial charge in [0.15, 0.2) is 0 Å². The molecule has 2 nitrogen and oxygen atoms in total. The predicted octanol–water partition coefficient (Wildman–Crippen LogP) is 4.28. The van der Waals surface area contributed by atoms with Crippen LogP contribution in [0.1, 0.15) is 11.1 Å². The van der Waals surface area contributed by atoms with E-state index in [0.29, 0.717) is 0 Å². The predicted molar refractivity (Wildman–Crippen MR) is 85.2 cm³/mol. The van der Waals surface area contributed by atoms with Gasteiger partial charge >= 0.3 is 5.97 Å². The van der Waals surface area contributed by atoms with Crippen molar-refractivity contribution >= 4 is 37.8 Å². The molecule has 102 valence electrons. The summed E-state index contributed by atoms with van der Waals surface area (Å²) in [7, 11) is 0. The number of alkyl halides is 2. The van der Waals surface area contributed by atoms with Gasteiger partial charge in [-0.1, -0.05) is 92.5 Å². The van der Waals surface area contributed by atoms with Crippen LogP contribution in [0.2, 0.25) is 0 Å². The Bertz CT molecular complexity index is 593. The van der Waals surface area contributed by atoms with Gasteiger partial charge in [-0.2, -0.15) is 0 Å². The van der Waals surface area contributed by atoms with Crippen molar-refractivity contribution in [1.29, 1.82) is 0 Å². The van der Waals surface area contributed by atoms with Gasteiger partial charge in [-0.3, -0.25) is 4.79 Å². The Balaban J connectivity index is 2.14. The summed E-state index contributed by atoms with van der Waals surface area (Å²) in [6.07, 6.45) is 0. The fourth-order valence-corrected chi connectivity index (χ4v) is 5.46. The Labute approximate surface area is 134 Å². The average Bonchev–Trinajstić information content (AvgIpc) is 3.00. The van der Waals surface area contributed by atoms with E-state index in [9.17, 15) is 9.90 Å². The summed E-state index contributed by atoms with van der Waals surface area (Å²) < 4.78 is -1.26. The Morgan fingerprint density at radius 3 is 1.50 bits per heavy atom. The van der Waals surface area contributed by atoms with Crippen LogP contribution >= 0.6 is 31.9 Å². The minimum atomic E-state index is -0.813. The SMILES string of the molecule is O=C(O)C1C(Br)(c2ccccc2)C1(Br)c1ccccc1. The molecule has 0 amide bonds. The lowest BCUT2D eigenvalue weighted by Crippen LogP contribution is -2.10. The van der Waals surface area contributed by atoms with Crippen molar-refractivity contribution in [3.05, 3.63) is 71.8 Å². The maximum atomic E-state index is 11.7. The van der Waals surface area contributed by atoms with E-state index in [1.54, 1.807) is 0 Å². The van der Waals surface area contributed by atoms with Gasteiger partial charge in [-0.15, -0.1) is 0 Å². The lowest BCUT2D eigenvalue weighted by atomic mass is 10.0. The van der Waals surface area contributed by atoms with Crippen LogP contribution in [0.3, 0.4) is 0 Å². The third-order valence-corrected chi connectivity index (χ3v) is 7.49. The molecule has 2 aromatic carbocycles. The number of hydrogen-bond acceptors (Lipinski definition) is 1. The van der Waals surface area contributed by atoms with E-state index in [1.165, 1.54) is 0 Å². The molecule has 1 fully saturated rings. The molecule has 3 rings (SSSR count). The fourth-order valence-electron chi connectivity index (χ4n) is 2.86. The Morgan fingerprint density at radius 2 is 1.20 bits per heavy atom. The summed E-state index contributed by atoms with van der Waals surface area (Å²) >= 11 is 7.39. The molecule has 0 bridgehead atoms. The number of hydrogen-bond donors (Lipinski definition) is 1.